The zero-order valence-corrected chi connectivity index (χ0v) is 12.8. The number of hydrazone groups is 1. The van der Waals surface area contributed by atoms with Gasteiger partial charge in [-0.05, 0) is 28.9 Å². The highest BCUT2D eigenvalue weighted by Crippen LogP contribution is 2.14. The van der Waals surface area contributed by atoms with Crippen molar-refractivity contribution in [2.75, 3.05) is 0 Å². The van der Waals surface area contributed by atoms with Gasteiger partial charge in [0.1, 0.15) is 0 Å². The summed E-state index contributed by atoms with van der Waals surface area (Å²) < 4.78 is 0. The van der Waals surface area contributed by atoms with Crippen molar-refractivity contribution in [3.63, 3.8) is 0 Å². The van der Waals surface area contributed by atoms with Crippen molar-refractivity contribution in [1.82, 2.24) is 5.43 Å². The van der Waals surface area contributed by atoms with Crippen LogP contribution in [0.2, 0.25) is 0 Å². The maximum absolute atomic E-state index is 4.16. The van der Waals surface area contributed by atoms with Crippen molar-refractivity contribution >= 4 is 18.4 Å². The van der Waals surface area contributed by atoms with Crippen LogP contribution in [0.4, 0.5) is 0 Å². The van der Waals surface area contributed by atoms with E-state index in [4.69, 9.17) is 0 Å². The fourth-order valence-corrected chi connectivity index (χ4v) is 2.22. The average molecular weight is 298 g/mol. The molecule has 0 aromatic heterocycles. The Morgan fingerprint density at radius 1 is 0.696 bits per heavy atom. The number of hydrogen-bond donors (Lipinski definition) is 1. The van der Waals surface area contributed by atoms with Crippen molar-refractivity contribution in [2.24, 2.45) is 5.10 Å². The zero-order valence-electron chi connectivity index (χ0n) is 12.8. The number of allylic oxidation sites excluding steroid dienone is 5. The van der Waals surface area contributed by atoms with E-state index >= 15 is 0 Å². The summed E-state index contributed by atoms with van der Waals surface area (Å²) in [6, 6.07) is 20.5. The lowest BCUT2D eigenvalue weighted by Gasteiger charge is -2.04. The molecule has 0 radical (unpaired) electrons. The molecule has 112 valence electrons. The average Bonchev–Trinajstić information content (AvgIpc) is 2.85. The van der Waals surface area contributed by atoms with Gasteiger partial charge >= 0.3 is 0 Å². The maximum atomic E-state index is 4.16. The fraction of sp³-hybridized carbons (Fsp3) is 0. The van der Waals surface area contributed by atoms with Crippen molar-refractivity contribution in [2.45, 2.75) is 0 Å². The second-order valence-corrected chi connectivity index (χ2v) is 5.11. The van der Waals surface area contributed by atoms with E-state index in [1.165, 1.54) is 5.56 Å². The van der Waals surface area contributed by atoms with E-state index in [2.05, 4.69) is 53.0 Å². The van der Waals surface area contributed by atoms with E-state index in [1.807, 2.05) is 54.6 Å². The molecule has 2 heteroatoms. The molecule has 0 fully saturated rings. The summed E-state index contributed by atoms with van der Waals surface area (Å²) in [5.74, 6) is 0. The lowest BCUT2D eigenvalue weighted by Crippen LogP contribution is -2.03. The van der Waals surface area contributed by atoms with E-state index in [-0.39, 0.29) is 0 Å². The van der Waals surface area contributed by atoms with Crippen LogP contribution in [-0.2, 0) is 0 Å². The van der Waals surface area contributed by atoms with Gasteiger partial charge in [0, 0.05) is 6.21 Å². The Morgan fingerprint density at radius 3 is 1.96 bits per heavy atom. The number of hydrogen-bond acceptors (Lipinski definition) is 2. The van der Waals surface area contributed by atoms with Gasteiger partial charge in [0.05, 0.1) is 5.70 Å². The van der Waals surface area contributed by atoms with Gasteiger partial charge in [0.25, 0.3) is 0 Å². The lowest BCUT2D eigenvalue weighted by molar-refractivity contribution is 0.922. The van der Waals surface area contributed by atoms with E-state index in [9.17, 15) is 0 Å². The fourth-order valence-electron chi connectivity index (χ4n) is 2.22. The molecule has 0 saturated heterocycles. The minimum absolute atomic E-state index is 0.964. The van der Waals surface area contributed by atoms with Crippen molar-refractivity contribution in [3.8, 4) is 0 Å². The van der Waals surface area contributed by atoms with Crippen molar-refractivity contribution in [3.05, 3.63) is 107 Å². The predicted octanol–water partition coefficient (Wildman–Crippen LogP) is 4.81. The molecule has 2 nitrogen and oxygen atoms in total. The molecule has 23 heavy (non-hydrogen) atoms. The highest BCUT2D eigenvalue weighted by Gasteiger charge is 2.00. The first-order valence-corrected chi connectivity index (χ1v) is 7.58. The van der Waals surface area contributed by atoms with Crippen LogP contribution in [0.15, 0.2) is 101 Å². The third kappa shape index (κ3) is 4.42. The Labute approximate surface area is 136 Å². The van der Waals surface area contributed by atoms with Gasteiger partial charge in [0.2, 0.25) is 0 Å². The highest BCUT2D eigenvalue weighted by molar-refractivity contribution is 5.74. The van der Waals surface area contributed by atoms with Gasteiger partial charge in [-0.3, -0.25) is 5.43 Å². The monoisotopic (exact) mass is 298 g/mol. The maximum Gasteiger partial charge on any atom is 0.0634 e. The van der Waals surface area contributed by atoms with Gasteiger partial charge in [-0.2, -0.15) is 5.10 Å². The summed E-state index contributed by atoms with van der Waals surface area (Å²) in [4.78, 5) is 0. The Bertz CT molecular complexity index is 779. The Hall–Kier alpha value is -3.13. The Morgan fingerprint density at radius 2 is 1.30 bits per heavy atom. The molecule has 0 saturated carbocycles. The van der Waals surface area contributed by atoms with Crippen LogP contribution >= 0.6 is 0 Å². The van der Waals surface area contributed by atoms with E-state index in [1.54, 1.807) is 6.21 Å². The van der Waals surface area contributed by atoms with Crippen LogP contribution in [-0.4, -0.2) is 6.21 Å². The molecule has 2 aromatic rings. The second-order valence-electron chi connectivity index (χ2n) is 5.11. The summed E-state index contributed by atoms with van der Waals surface area (Å²) in [5, 5.41) is 4.16. The normalized spacial score (nSPS) is 14.4. The molecular weight excluding hydrogens is 280 g/mol. The van der Waals surface area contributed by atoms with Crippen molar-refractivity contribution < 1.29 is 0 Å². The first-order chi connectivity index (χ1) is 11.4. The Kier molecular flexibility index (Phi) is 4.99. The molecule has 1 aliphatic heterocycles. The third-order valence-electron chi connectivity index (χ3n) is 3.43. The first kappa shape index (κ1) is 14.8. The SMILES string of the molecule is C1=CC(C=Cc2ccccc2)=C(C=Cc2ccccc2)NN=C1. The molecule has 0 spiro atoms. The largest absolute Gasteiger partial charge is 0.278 e. The van der Waals surface area contributed by atoms with Crippen LogP contribution in [0.1, 0.15) is 11.1 Å². The van der Waals surface area contributed by atoms with E-state index in [0.29, 0.717) is 0 Å². The second kappa shape index (κ2) is 7.76. The quantitative estimate of drug-likeness (QED) is 0.860. The topological polar surface area (TPSA) is 24.4 Å². The van der Waals surface area contributed by atoms with Gasteiger partial charge in [0.15, 0.2) is 0 Å². The van der Waals surface area contributed by atoms with Crippen LogP contribution in [0.25, 0.3) is 12.2 Å². The minimum Gasteiger partial charge on any atom is -0.278 e. The zero-order chi connectivity index (χ0) is 15.7. The van der Waals surface area contributed by atoms with Gasteiger partial charge in [-0.25, -0.2) is 0 Å². The summed E-state index contributed by atoms with van der Waals surface area (Å²) in [5.41, 5.74) is 7.46. The third-order valence-corrected chi connectivity index (χ3v) is 3.43. The molecule has 0 amide bonds. The van der Waals surface area contributed by atoms with Gasteiger partial charge in [-0.1, -0.05) is 85.0 Å². The van der Waals surface area contributed by atoms with Crippen molar-refractivity contribution in [1.29, 1.82) is 0 Å². The van der Waals surface area contributed by atoms with E-state index < -0.39 is 0 Å². The number of nitrogens with one attached hydrogen (secondary N) is 1. The molecule has 0 unspecified atom stereocenters. The summed E-state index contributed by atoms with van der Waals surface area (Å²) in [6.45, 7) is 0. The number of rotatable bonds is 4. The summed E-state index contributed by atoms with van der Waals surface area (Å²) in [7, 11) is 0. The molecule has 0 bridgehead atoms. The lowest BCUT2D eigenvalue weighted by atomic mass is 10.1. The molecule has 0 aliphatic carbocycles. The first-order valence-electron chi connectivity index (χ1n) is 7.58. The molecular formula is C21H18N2. The van der Waals surface area contributed by atoms with Crippen LogP contribution in [0.3, 0.4) is 0 Å². The predicted molar refractivity (Wildman–Crippen MR) is 98.7 cm³/mol. The van der Waals surface area contributed by atoms with Gasteiger partial charge in [-0.15, -0.1) is 0 Å². The Balaban J connectivity index is 1.87. The highest BCUT2D eigenvalue weighted by atomic mass is 15.3. The molecule has 0 atom stereocenters. The molecule has 1 N–H and O–H groups in total. The van der Waals surface area contributed by atoms with Crippen LogP contribution < -0.4 is 5.43 Å². The minimum atomic E-state index is 0.964. The number of benzene rings is 2. The standard InChI is InChI=1S/C21H18N2/c1-3-8-18(9-4-1)13-15-20-12-7-17-22-23-21(20)16-14-19-10-5-2-6-11-19/h1-17,23H. The number of nitrogens with zero attached hydrogens (tertiary/aromatic N) is 1. The smallest absolute Gasteiger partial charge is 0.0634 e. The molecule has 3 rings (SSSR count). The molecule has 1 aliphatic rings. The van der Waals surface area contributed by atoms with Crippen LogP contribution in [0, 0.1) is 0 Å². The molecule has 2 aromatic carbocycles. The summed E-state index contributed by atoms with van der Waals surface area (Å²) >= 11 is 0. The summed E-state index contributed by atoms with van der Waals surface area (Å²) in [6.07, 6.45) is 14.1. The molecule has 1 heterocycles. The van der Waals surface area contributed by atoms with Gasteiger partial charge < -0.3 is 0 Å². The van der Waals surface area contributed by atoms with E-state index in [0.717, 1.165) is 16.8 Å². The van der Waals surface area contributed by atoms with Crippen LogP contribution in [0.5, 0.6) is 0 Å².